The molecule has 1 heterocycles. The molecular formula is C15H25N3O. The molecule has 19 heavy (non-hydrogen) atoms. The number of hydrogen-bond donors (Lipinski definition) is 1. The van der Waals surface area contributed by atoms with E-state index in [1.54, 1.807) is 0 Å². The van der Waals surface area contributed by atoms with Crippen molar-refractivity contribution in [3.8, 4) is 5.75 Å². The molecule has 0 radical (unpaired) electrons. The van der Waals surface area contributed by atoms with Gasteiger partial charge in [0.1, 0.15) is 5.75 Å². The number of nitrogens with zero attached hydrogens (tertiary/aromatic N) is 2. The second-order valence-corrected chi connectivity index (χ2v) is 5.59. The fourth-order valence-corrected chi connectivity index (χ4v) is 2.33. The van der Waals surface area contributed by atoms with Crippen molar-refractivity contribution in [3.05, 3.63) is 24.3 Å². The monoisotopic (exact) mass is 263 g/mol. The van der Waals surface area contributed by atoms with E-state index in [1.807, 2.05) is 24.3 Å². The molecular weight excluding hydrogens is 238 g/mol. The number of ether oxygens (including phenoxy) is 1. The maximum atomic E-state index is 5.79. The van der Waals surface area contributed by atoms with Gasteiger partial charge in [0.2, 0.25) is 0 Å². The van der Waals surface area contributed by atoms with Gasteiger partial charge in [0.25, 0.3) is 0 Å². The van der Waals surface area contributed by atoms with Gasteiger partial charge >= 0.3 is 0 Å². The average molecular weight is 263 g/mol. The van der Waals surface area contributed by atoms with Crippen LogP contribution in [0.2, 0.25) is 0 Å². The molecule has 1 aromatic carbocycles. The van der Waals surface area contributed by atoms with E-state index in [4.69, 9.17) is 10.5 Å². The Morgan fingerprint density at radius 2 is 1.79 bits per heavy atom. The van der Waals surface area contributed by atoms with Gasteiger partial charge in [0, 0.05) is 44.3 Å². The van der Waals surface area contributed by atoms with Crippen LogP contribution in [0.15, 0.2) is 24.3 Å². The normalized spacial score (nSPS) is 19.3. The van der Waals surface area contributed by atoms with Gasteiger partial charge in [-0.25, -0.2) is 0 Å². The molecule has 4 nitrogen and oxygen atoms in total. The molecule has 1 unspecified atom stereocenters. The van der Waals surface area contributed by atoms with Gasteiger partial charge in [0.05, 0.1) is 6.61 Å². The molecule has 1 aromatic rings. The molecule has 4 heteroatoms. The van der Waals surface area contributed by atoms with E-state index in [0.29, 0.717) is 5.92 Å². The zero-order valence-corrected chi connectivity index (χ0v) is 12.0. The van der Waals surface area contributed by atoms with Crippen LogP contribution >= 0.6 is 0 Å². The SMILES string of the molecule is CC(COc1ccc(N)cc1)CN1CCN(C)CC1. The molecule has 1 atom stereocenters. The summed E-state index contributed by atoms with van der Waals surface area (Å²) in [7, 11) is 2.19. The van der Waals surface area contributed by atoms with Crippen LogP contribution in [0.25, 0.3) is 0 Å². The second kappa shape index (κ2) is 6.78. The van der Waals surface area contributed by atoms with Gasteiger partial charge in [0.15, 0.2) is 0 Å². The summed E-state index contributed by atoms with van der Waals surface area (Å²) in [6.07, 6.45) is 0. The fourth-order valence-electron chi connectivity index (χ4n) is 2.33. The van der Waals surface area contributed by atoms with Crippen molar-refractivity contribution < 1.29 is 4.74 Å². The lowest BCUT2D eigenvalue weighted by molar-refractivity contribution is 0.123. The molecule has 1 aliphatic heterocycles. The minimum atomic E-state index is 0.543. The highest BCUT2D eigenvalue weighted by atomic mass is 16.5. The first kappa shape index (κ1) is 14.2. The van der Waals surface area contributed by atoms with E-state index in [9.17, 15) is 0 Å². The molecule has 1 fully saturated rings. The van der Waals surface area contributed by atoms with Gasteiger partial charge in [-0.2, -0.15) is 0 Å². The summed E-state index contributed by atoms with van der Waals surface area (Å²) >= 11 is 0. The van der Waals surface area contributed by atoms with Crippen molar-refractivity contribution in [1.82, 2.24) is 9.80 Å². The zero-order chi connectivity index (χ0) is 13.7. The smallest absolute Gasteiger partial charge is 0.119 e. The van der Waals surface area contributed by atoms with Gasteiger partial charge in [-0.3, -0.25) is 0 Å². The summed E-state index contributed by atoms with van der Waals surface area (Å²) in [6, 6.07) is 7.61. The van der Waals surface area contributed by atoms with E-state index >= 15 is 0 Å². The Kier molecular flexibility index (Phi) is 5.05. The van der Waals surface area contributed by atoms with E-state index < -0.39 is 0 Å². The molecule has 106 valence electrons. The molecule has 2 rings (SSSR count). The van der Waals surface area contributed by atoms with Crippen LogP contribution in [-0.4, -0.2) is 56.2 Å². The summed E-state index contributed by atoms with van der Waals surface area (Å²) in [5.41, 5.74) is 6.43. The highest BCUT2D eigenvalue weighted by Crippen LogP contribution is 2.14. The van der Waals surface area contributed by atoms with Crippen LogP contribution < -0.4 is 10.5 Å². The third kappa shape index (κ3) is 4.73. The van der Waals surface area contributed by atoms with E-state index in [2.05, 4.69) is 23.8 Å². The molecule has 0 saturated carbocycles. The van der Waals surface area contributed by atoms with E-state index in [1.165, 1.54) is 26.2 Å². The fraction of sp³-hybridized carbons (Fsp3) is 0.600. The zero-order valence-electron chi connectivity index (χ0n) is 12.0. The lowest BCUT2D eigenvalue weighted by Crippen LogP contribution is -2.46. The molecule has 0 aromatic heterocycles. The number of rotatable bonds is 5. The Morgan fingerprint density at radius 3 is 2.42 bits per heavy atom. The Labute approximate surface area is 116 Å². The van der Waals surface area contributed by atoms with Gasteiger partial charge in [-0.15, -0.1) is 0 Å². The summed E-state index contributed by atoms with van der Waals surface area (Å²) in [5.74, 6) is 1.44. The van der Waals surface area contributed by atoms with Crippen LogP contribution in [0.4, 0.5) is 5.69 Å². The van der Waals surface area contributed by atoms with Gasteiger partial charge < -0.3 is 20.3 Å². The predicted molar refractivity (Wildman–Crippen MR) is 79.5 cm³/mol. The van der Waals surface area contributed by atoms with Crippen LogP contribution in [-0.2, 0) is 0 Å². The molecule has 0 amide bonds. The number of piperazine rings is 1. The quantitative estimate of drug-likeness (QED) is 0.818. The number of anilines is 1. The highest BCUT2D eigenvalue weighted by Gasteiger charge is 2.16. The minimum Gasteiger partial charge on any atom is -0.493 e. The van der Waals surface area contributed by atoms with Gasteiger partial charge in [-0.1, -0.05) is 6.92 Å². The molecule has 0 bridgehead atoms. The number of benzene rings is 1. The van der Waals surface area contributed by atoms with E-state index in [0.717, 1.165) is 24.6 Å². The Hall–Kier alpha value is -1.26. The van der Waals surface area contributed by atoms with Crippen molar-refractivity contribution in [3.63, 3.8) is 0 Å². The Morgan fingerprint density at radius 1 is 1.16 bits per heavy atom. The summed E-state index contributed by atoms with van der Waals surface area (Å²) < 4.78 is 5.79. The minimum absolute atomic E-state index is 0.543. The van der Waals surface area contributed by atoms with Crippen molar-refractivity contribution in [1.29, 1.82) is 0 Å². The van der Waals surface area contributed by atoms with Crippen LogP contribution in [0, 0.1) is 5.92 Å². The third-order valence-electron chi connectivity index (χ3n) is 3.58. The number of likely N-dealkylation sites (N-methyl/N-ethyl adjacent to an activating group) is 1. The van der Waals surface area contributed by atoms with Crippen LogP contribution in [0.1, 0.15) is 6.92 Å². The third-order valence-corrected chi connectivity index (χ3v) is 3.58. The lowest BCUT2D eigenvalue weighted by atomic mass is 10.1. The standard InChI is InChI=1S/C15H25N3O/c1-13(11-18-9-7-17(2)8-10-18)12-19-15-5-3-14(16)4-6-15/h3-6,13H,7-12,16H2,1-2H3. The van der Waals surface area contributed by atoms with Crippen LogP contribution in [0.5, 0.6) is 5.75 Å². The predicted octanol–water partition coefficient (Wildman–Crippen LogP) is 1.53. The van der Waals surface area contributed by atoms with Gasteiger partial charge in [-0.05, 0) is 31.3 Å². The number of nitrogens with two attached hydrogens (primary N) is 1. The summed E-state index contributed by atoms with van der Waals surface area (Å²) in [6.45, 7) is 8.80. The second-order valence-electron chi connectivity index (χ2n) is 5.59. The molecule has 0 spiro atoms. The maximum Gasteiger partial charge on any atom is 0.119 e. The number of hydrogen-bond acceptors (Lipinski definition) is 4. The largest absolute Gasteiger partial charge is 0.493 e. The van der Waals surface area contributed by atoms with Crippen molar-refractivity contribution in [2.45, 2.75) is 6.92 Å². The molecule has 2 N–H and O–H groups in total. The first-order valence-electron chi connectivity index (χ1n) is 7.03. The molecule has 1 aliphatic rings. The topological polar surface area (TPSA) is 41.7 Å². The summed E-state index contributed by atoms with van der Waals surface area (Å²) in [5, 5.41) is 0. The summed E-state index contributed by atoms with van der Waals surface area (Å²) in [4.78, 5) is 4.91. The Bertz CT molecular complexity index is 371. The number of nitrogen functional groups attached to an aromatic ring is 1. The van der Waals surface area contributed by atoms with Crippen LogP contribution in [0.3, 0.4) is 0 Å². The Balaban J connectivity index is 1.69. The maximum absolute atomic E-state index is 5.79. The van der Waals surface area contributed by atoms with E-state index in [-0.39, 0.29) is 0 Å². The van der Waals surface area contributed by atoms with Crippen molar-refractivity contribution in [2.75, 3.05) is 52.1 Å². The molecule has 0 aliphatic carbocycles. The molecule has 1 saturated heterocycles. The van der Waals surface area contributed by atoms with Crippen molar-refractivity contribution in [2.24, 2.45) is 5.92 Å². The highest BCUT2D eigenvalue weighted by molar-refractivity contribution is 5.41. The average Bonchev–Trinajstić information content (AvgIpc) is 2.41. The van der Waals surface area contributed by atoms with Crippen molar-refractivity contribution >= 4 is 5.69 Å². The first-order valence-corrected chi connectivity index (χ1v) is 7.03. The first-order chi connectivity index (χ1) is 9.13. The lowest BCUT2D eigenvalue weighted by Gasteiger charge is -2.33.